The maximum absolute atomic E-state index is 13.2. The molecule has 3 amide bonds. The summed E-state index contributed by atoms with van der Waals surface area (Å²) >= 11 is 0. The maximum Gasteiger partial charge on any atom is 0.324 e. The van der Waals surface area contributed by atoms with E-state index in [-0.39, 0.29) is 24.3 Å². The first-order chi connectivity index (χ1) is 10.6. The van der Waals surface area contributed by atoms with Gasteiger partial charge in [0.2, 0.25) is 5.91 Å². The van der Waals surface area contributed by atoms with Gasteiger partial charge in [-0.15, -0.1) is 0 Å². The number of hydrogen-bond donors (Lipinski definition) is 1. The minimum absolute atomic E-state index is 0.152. The Morgan fingerprint density at radius 1 is 1.41 bits per heavy atom. The highest BCUT2D eigenvalue weighted by Crippen LogP contribution is 2.27. The first-order valence-corrected chi connectivity index (χ1v) is 7.70. The number of halogens is 1. The normalized spacial score (nSPS) is 17.9. The van der Waals surface area contributed by atoms with Crippen LogP contribution in [0.1, 0.15) is 18.4 Å². The van der Waals surface area contributed by atoms with E-state index in [2.05, 4.69) is 10.2 Å². The fraction of sp³-hybridized carbons (Fsp3) is 0.500. The van der Waals surface area contributed by atoms with Crippen molar-refractivity contribution in [3.63, 3.8) is 0 Å². The molecule has 0 radical (unpaired) electrons. The zero-order chi connectivity index (χ0) is 15.5. The molecule has 2 aliphatic rings. The Labute approximate surface area is 129 Å². The third kappa shape index (κ3) is 3.62. The van der Waals surface area contributed by atoms with Crippen molar-refractivity contribution < 1.29 is 14.0 Å². The van der Waals surface area contributed by atoms with Crippen LogP contribution in [-0.4, -0.2) is 54.0 Å². The second kappa shape index (κ2) is 6.44. The van der Waals surface area contributed by atoms with E-state index in [1.165, 1.54) is 17.0 Å². The van der Waals surface area contributed by atoms with Crippen LogP contribution in [0.3, 0.4) is 0 Å². The van der Waals surface area contributed by atoms with Crippen LogP contribution in [0.15, 0.2) is 24.3 Å². The van der Waals surface area contributed by atoms with Gasteiger partial charge in [-0.25, -0.2) is 9.18 Å². The molecular weight excluding hydrogens is 285 g/mol. The van der Waals surface area contributed by atoms with E-state index in [0.29, 0.717) is 32.1 Å². The van der Waals surface area contributed by atoms with Gasteiger partial charge in [-0.1, -0.05) is 12.1 Å². The van der Waals surface area contributed by atoms with Gasteiger partial charge in [-0.2, -0.15) is 0 Å². The average Bonchev–Trinajstić information content (AvgIpc) is 3.25. The standard InChI is InChI=1S/C16H20FN3O2/c17-13-3-1-2-12(10-13)6-8-19(14-4-5-14)11-15(21)20-9-7-18-16(20)22/h1-3,10,14H,4-9,11H2,(H,18,22). The predicted molar refractivity (Wildman–Crippen MR) is 79.8 cm³/mol. The van der Waals surface area contributed by atoms with Crippen molar-refractivity contribution in [2.45, 2.75) is 25.3 Å². The van der Waals surface area contributed by atoms with Gasteiger partial charge in [0.05, 0.1) is 6.54 Å². The van der Waals surface area contributed by atoms with Gasteiger partial charge in [0.15, 0.2) is 0 Å². The average molecular weight is 305 g/mol. The number of urea groups is 1. The van der Waals surface area contributed by atoms with Crippen molar-refractivity contribution in [1.29, 1.82) is 0 Å². The zero-order valence-electron chi connectivity index (χ0n) is 12.4. The molecule has 0 atom stereocenters. The molecule has 1 heterocycles. The number of rotatable bonds is 6. The Hall–Kier alpha value is -1.95. The van der Waals surface area contributed by atoms with Gasteiger partial charge in [0.25, 0.3) is 0 Å². The summed E-state index contributed by atoms with van der Waals surface area (Å²) in [5, 5.41) is 2.64. The minimum atomic E-state index is -0.300. The number of benzene rings is 1. The molecule has 1 N–H and O–H groups in total. The van der Waals surface area contributed by atoms with Gasteiger partial charge < -0.3 is 5.32 Å². The zero-order valence-corrected chi connectivity index (χ0v) is 12.4. The molecule has 0 spiro atoms. The Morgan fingerprint density at radius 2 is 2.23 bits per heavy atom. The molecule has 1 saturated carbocycles. The quantitative estimate of drug-likeness (QED) is 0.864. The van der Waals surface area contributed by atoms with Crippen molar-refractivity contribution in [2.24, 2.45) is 0 Å². The Bertz CT molecular complexity index is 574. The van der Waals surface area contributed by atoms with Gasteiger partial charge in [-0.3, -0.25) is 14.6 Å². The summed E-state index contributed by atoms with van der Waals surface area (Å²) in [6, 6.07) is 6.67. The molecule has 2 fully saturated rings. The van der Waals surface area contributed by atoms with Crippen LogP contribution in [0.25, 0.3) is 0 Å². The second-order valence-corrected chi connectivity index (χ2v) is 5.86. The predicted octanol–water partition coefficient (Wildman–Crippen LogP) is 1.38. The van der Waals surface area contributed by atoms with E-state index in [1.807, 2.05) is 6.07 Å². The Kier molecular flexibility index (Phi) is 4.38. The second-order valence-electron chi connectivity index (χ2n) is 5.86. The van der Waals surface area contributed by atoms with Gasteiger partial charge >= 0.3 is 6.03 Å². The lowest BCUT2D eigenvalue weighted by molar-refractivity contribution is -0.128. The largest absolute Gasteiger partial charge is 0.336 e. The van der Waals surface area contributed by atoms with Crippen molar-refractivity contribution in [3.05, 3.63) is 35.6 Å². The number of imide groups is 1. The lowest BCUT2D eigenvalue weighted by Crippen LogP contribution is -2.43. The highest BCUT2D eigenvalue weighted by molar-refractivity contribution is 5.96. The minimum Gasteiger partial charge on any atom is -0.336 e. The molecule has 0 aromatic heterocycles. The van der Waals surface area contributed by atoms with Gasteiger partial charge in [0.1, 0.15) is 5.82 Å². The van der Waals surface area contributed by atoms with Crippen LogP contribution in [0.2, 0.25) is 0 Å². The first-order valence-electron chi connectivity index (χ1n) is 7.70. The highest BCUT2D eigenvalue weighted by Gasteiger charge is 2.33. The van der Waals surface area contributed by atoms with Crippen LogP contribution >= 0.6 is 0 Å². The molecule has 3 rings (SSSR count). The first kappa shape index (κ1) is 15.0. The van der Waals surface area contributed by atoms with E-state index >= 15 is 0 Å². The number of amides is 3. The molecule has 1 aliphatic heterocycles. The summed E-state index contributed by atoms with van der Waals surface area (Å²) in [5.41, 5.74) is 0.928. The van der Waals surface area contributed by atoms with E-state index in [4.69, 9.17) is 0 Å². The molecule has 0 bridgehead atoms. The van der Waals surface area contributed by atoms with E-state index < -0.39 is 0 Å². The van der Waals surface area contributed by atoms with E-state index in [9.17, 15) is 14.0 Å². The van der Waals surface area contributed by atoms with Crippen LogP contribution in [0.5, 0.6) is 0 Å². The molecule has 1 aromatic carbocycles. The molecule has 0 unspecified atom stereocenters. The van der Waals surface area contributed by atoms with Crippen LogP contribution in [0, 0.1) is 5.82 Å². The third-order valence-corrected chi connectivity index (χ3v) is 4.14. The number of carbonyl (C=O) groups is 2. The fourth-order valence-electron chi connectivity index (χ4n) is 2.76. The lowest BCUT2D eigenvalue weighted by atomic mass is 10.1. The summed E-state index contributed by atoms with van der Waals surface area (Å²) in [5.74, 6) is -0.388. The monoisotopic (exact) mass is 305 g/mol. The summed E-state index contributed by atoms with van der Waals surface area (Å²) in [6.07, 6.45) is 2.87. The fourth-order valence-corrected chi connectivity index (χ4v) is 2.76. The van der Waals surface area contributed by atoms with Crippen LogP contribution < -0.4 is 5.32 Å². The summed E-state index contributed by atoms with van der Waals surface area (Å²) in [4.78, 5) is 27.1. The maximum atomic E-state index is 13.2. The summed E-state index contributed by atoms with van der Waals surface area (Å²) in [7, 11) is 0. The van der Waals surface area contributed by atoms with Gasteiger partial charge in [0, 0.05) is 25.7 Å². The number of nitrogens with one attached hydrogen (secondary N) is 1. The third-order valence-electron chi connectivity index (χ3n) is 4.14. The lowest BCUT2D eigenvalue weighted by Gasteiger charge is -2.23. The van der Waals surface area contributed by atoms with Crippen molar-refractivity contribution in [1.82, 2.24) is 15.1 Å². The molecule has 1 aliphatic carbocycles. The highest BCUT2D eigenvalue weighted by atomic mass is 19.1. The molecule has 6 heteroatoms. The SMILES string of the molecule is O=C(CN(CCc1cccc(F)c1)C1CC1)N1CCNC1=O. The molecule has 1 saturated heterocycles. The van der Waals surface area contributed by atoms with Crippen LogP contribution in [-0.2, 0) is 11.2 Å². The van der Waals surface area contributed by atoms with Gasteiger partial charge in [-0.05, 0) is 37.0 Å². The number of nitrogens with zero attached hydrogens (tertiary/aromatic N) is 2. The molecule has 1 aromatic rings. The Morgan fingerprint density at radius 3 is 2.86 bits per heavy atom. The topological polar surface area (TPSA) is 52.7 Å². The summed E-state index contributed by atoms with van der Waals surface area (Å²) in [6.45, 7) is 1.93. The van der Waals surface area contributed by atoms with Crippen LogP contribution in [0.4, 0.5) is 9.18 Å². The molecule has 118 valence electrons. The van der Waals surface area contributed by atoms with Crippen molar-refractivity contribution >= 4 is 11.9 Å². The molecule has 22 heavy (non-hydrogen) atoms. The van der Waals surface area contributed by atoms with Crippen molar-refractivity contribution in [3.8, 4) is 0 Å². The molecular formula is C16H20FN3O2. The molecule has 5 nitrogen and oxygen atoms in total. The van der Waals surface area contributed by atoms with E-state index in [1.54, 1.807) is 6.07 Å². The van der Waals surface area contributed by atoms with E-state index in [0.717, 1.165) is 18.4 Å². The summed E-state index contributed by atoms with van der Waals surface area (Å²) < 4.78 is 13.2. The number of carbonyl (C=O) groups excluding carboxylic acids is 2. The number of hydrogen-bond acceptors (Lipinski definition) is 3. The smallest absolute Gasteiger partial charge is 0.324 e. The van der Waals surface area contributed by atoms with Crippen molar-refractivity contribution in [2.75, 3.05) is 26.2 Å². The Balaban J connectivity index is 1.56.